The van der Waals surface area contributed by atoms with Crippen LogP contribution in [-0.2, 0) is 4.79 Å². The highest BCUT2D eigenvalue weighted by molar-refractivity contribution is 5.76. The molecular formula is C13H16FN3O4. The largest absolute Gasteiger partial charge is 0.493 e. The number of hydrogen-bond acceptors (Lipinski definition) is 5. The first kappa shape index (κ1) is 15.2. The summed E-state index contributed by atoms with van der Waals surface area (Å²) in [6, 6.07) is 3.31. The van der Waals surface area contributed by atoms with Crippen LogP contribution in [0.15, 0.2) is 18.2 Å². The summed E-state index contributed by atoms with van der Waals surface area (Å²) in [6.45, 7) is 3.01. The fourth-order valence-corrected chi connectivity index (χ4v) is 2.05. The predicted molar refractivity (Wildman–Crippen MR) is 72.6 cm³/mol. The van der Waals surface area contributed by atoms with Crippen LogP contribution < -0.4 is 10.1 Å². The Morgan fingerprint density at radius 1 is 1.43 bits per heavy atom. The van der Waals surface area contributed by atoms with Gasteiger partial charge in [0.25, 0.3) is 0 Å². The standard InChI is InChI=1S/C13H16FN3O4/c14-11-9-10(1-2-12(11)17(19)20)21-8-3-13(18)16-6-4-15-5-7-16/h1-2,9,15H,3-8H2. The Bertz CT molecular complexity index is 532. The van der Waals surface area contributed by atoms with E-state index in [1.54, 1.807) is 4.90 Å². The summed E-state index contributed by atoms with van der Waals surface area (Å²) < 4.78 is 18.6. The first-order valence-corrected chi connectivity index (χ1v) is 6.63. The van der Waals surface area contributed by atoms with E-state index in [2.05, 4.69) is 5.32 Å². The molecule has 1 fully saturated rings. The first-order valence-electron chi connectivity index (χ1n) is 6.63. The molecule has 1 aliphatic rings. The second-order valence-electron chi connectivity index (χ2n) is 4.60. The predicted octanol–water partition coefficient (Wildman–Crippen LogP) is 0.935. The molecule has 0 unspecified atom stereocenters. The van der Waals surface area contributed by atoms with Crippen LogP contribution in [0.5, 0.6) is 5.75 Å². The molecular weight excluding hydrogens is 281 g/mol. The summed E-state index contributed by atoms with van der Waals surface area (Å²) in [4.78, 5) is 23.3. The number of halogens is 1. The number of rotatable bonds is 5. The second kappa shape index (κ2) is 6.98. The quantitative estimate of drug-likeness (QED) is 0.645. The van der Waals surface area contributed by atoms with E-state index < -0.39 is 16.4 Å². The number of amides is 1. The molecule has 0 aromatic heterocycles. The minimum atomic E-state index is -0.953. The zero-order chi connectivity index (χ0) is 15.2. The highest BCUT2D eigenvalue weighted by Crippen LogP contribution is 2.22. The molecule has 1 aromatic carbocycles. The Morgan fingerprint density at radius 2 is 2.14 bits per heavy atom. The second-order valence-corrected chi connectivity index (χ2v) is 4.60. The molecule has 1 saturated heterocycles. The summed E-state index contributed by atoms with van der Waals surface area (Å²) in [6.07, 6.45) is 0.193. The maximum Gasteiger partial charge on any atom is 0.305 e. The molecule has 0 atom stereocenters. The molecule has 1 heterocycles. The summed E-state index contributed by atoms with van der Waals surface area (Å²) in [5.41, 5.74) is -0.598. The third-order valence-corrected chi connectivity index (χ3v) is 3.17. The van der Waals surface area contributed by atoms with Gasteiger partial charge in [0.1, 0.15) is 5.75 Å². The summed E-state index contributed by atoms with van der Waals surface area (Å²) in [5, 5.41) is 13.6. The Hall–Kier alpha value is -2.22. The zero-order valence-electron chi connectivity index (χ0n) is 11.4. The fourth-order valence-electron chi connectivity index (χ4n) is 2.05. The van der Waals surface area contributed by atoms with Crippen molar-refractivity contribution in [1.29, 1.82) is 0 Å². The van der Waals surface area contributed by atoms with E-state index >= 15 is 0 Å². The topological polar surface area (TPSA) is 84.7 Å². The van der Waals surface area contributed by atoms with Crippen molar-refractivity contribution in [3.63, 3.8) is 0 Å². The molecule has 21 heavy (non-hydrogen) atoms. The number of piperazine rings is 1. The molecule has 7 nitrogen and oxygen atoms in total. The van der Waals surface area contributed by atoms with E-state index in [-0.39, 0.29) is 24.7 Å². The smallest absolute Gasteiger partial charge is 0.305 e. The molecule has 1 N–H and O–H groups in total. The highest BCUT2D eigenvalue weighted by atomic mass is 19.1. The number of benzene rings is 1. The summed E-state index contributed by atoms with van der Waals surface area (Å²) in [7, 11) is 0. The van der Waals surface area contributed by atoms with Crippen molar-refractivity contribution in [1.82, 2.24) is 10.2 Å². The van der Waals surface area contributed by atoms with Crippen LogP contribution >= 0.6 is 0 Å². The average molecular weight is 297 g/mol. The SMILES string of the molecule is O=C(CCOc1ccc([N+](=O)[O-])c(F)c1)N1CCNCC1. The van der Waals surface area contributed by atoms with Gasteiger partial charge in [-0.15, -0.1) is 0 Å². The lowest BCUT2D eigenvalue weighted by Gasteiger charge is -2.27. The molecule has 114 valence electrons. The van der Waals surface area contributed by atoms with Crippen LogP contribution in [0.1, 0.15) is 6.42 Å². The van der Waals surface area contributed by atoms with E-state index in [4.69, 9.17) is 4.74 Å². The van der Waals surface area contributed by atoms with Crippen molar-refractivity contribution in [2.75, 3.05) is 32.8 Å². The molecule has 2 rings (SSSR count). The third kappa shape index (κ3) is 4.12. The van der Waals surface area contributed by atoms with Gasteiger partial charge in [-0.05, 0) is 6.07 Å². The van der Waals surface area contributed by atoms with Gasteiger partial charge in [0, 0.05) is 38.3 Å². The average Bonchev–Trinajstić information content (AvgIpc) is 2.47. The lowest BCUT2D eigenvalue weighted by atomic mass is 10.3. The van der Waals surface area contributed by atoms with Crippen molar-refractivity contribution < 1.29 is 18.8 Å². The summed E-state index contributed by atoms with van der Waals surface area (Å²) in [5.74, 6) is -0.795. The Labute approximate surface area is 120 Å². The van der Waals surface area contributed by atoms with Gasteiger partial charge in [-0.3, -0.25) is 14.9 Å². The number of nitrogens with zero attached hydrogens (tertiary/aromatic N) is 2. The number of carbonyl (C=O) groups excluding carboxylic acids is 1. The highest BCUT2D eigenvalue weighted by Gasteiger charge is 2.17. The van der Waals surface area contributed by atoms with Crippen LogP contribution in [0, 0.1) is 15.9 Å². The van der Waals surface area contributed by atoms with E-state index in [0.717, 1.165) is 25.2 Å². The first-order chi connectivity index (χ1) is 10.1. The van der Waals surface area contributed by atoms with Gasteiger partial charge in [0.15, 0.2) is 0 Å². The van der Waals surface area contributed by atoms with Gasteiger partial charge >= 0.3 is 5.69 Å². The zero-order valence-corrected chi connectivity index (χ0v) is 11.4. The van der Waals surface area contributed by atoms with Gasteiger partial charge in [-0.2, -0.15) is 4.39 Å². The van der Waals surface area contributed by atoms with Gasteiger partial charge in [0.05, 0.1) is 18.0 Å². The van der Waals surface area contributed by atoms with E-state index in [9.17, 15) is 19.3 Å². The lowest BCUT2D eigenvalue weighted by molar-refractivity contribution is -0.387. The number of nitrogens with one attached hydrogen (secondary N) is 1. The number of nitro groups is 1. The number of ether oxygens (including phenoxy) is 1. The Balaban J connectivity index is 1.81. The van der Waals surface area contributed by atoms with E-state index in [1.807, 2.05) is 0 Å². The normalized spacial score (nSPS) is 14.8. The molecule has 8 heteroatoms. The lowest BCUT2D eigenvalue weighted by Crippen LogP contribution is -2.46. The van der Waals surface area contributed by atoms with Gasteiger partial charge in [0.2, 0.25) is 11.7 Å². The van der Waals surface area contributed by atoms with Gasteiger partial charge in [-0.25, -0.2) is 0 Å². The minimum Gasteiger partial charge on any atom is -0.493 e. The van der Waals surface area contributed by atoms with Crippen LogP contribution in [-0.4, -0.2) is 48.5 Å². The Morgan fingerprint density at radius 3 is 2.76 bits per heavy atom. The van der Waals surface area contributed by atoms with Crippen molar-refractivity contribution >= 4 is 11.6 Å². The van der Waals surface area contributed by atoms with Crippen LogP contribution in [0.25, 0.3) is 0 Å². The molecule has 0 spiro atoms. The van der Waals surface area contributed by atoms with E-state index in [0.29, 0.717) is 13.1 Å². The molecule has 0 saturated carbocycles. The molecule has 1 aromatic rings. The Kier molecular flexibility index (Phi) is 5.04. The maximum absolute atomic E-state index is 13.4. The van der Waals surface area contributed by atoms with Crippen LogP contribution in [0.4, 0.5) is 10.1 Å². The molecule has 0 bridgehead atoms. The number of carbonyl (C=O) groups is 1. The maximum atomic E-state index is 13.4. The molecule has 0 aliphatic carbocycles. The summed E-state index contributed by atoms with van der Waals surface area (Å²) >= 11 is 0. The van der Waals surface area contributed by atoms with Crippen LogP contribution in [0.3, 0.4) is 0 Å². The van der Waals surface area contributed by atoms with Crippen molar-refractivity contribution in [2.24, 2.45) is 0 Å². The van der Waals surface area contributed by atoms with Crippen LogP contribution in [0.2, 0.25) is 0 Å². The monoisotopic (exact) mass is 297 g/mol. The van der Waals surface area contributed by atoms with Crippen molar-refractivity contribution in [2.45, 2.75) is 6.42 Å². The molecule has 1 aliphatic heterocycles. The molecule has 0 radical (unpaired) electrons. The van der Waals surface area contributed by atoms with Crippen molar-refractivity contribution in [3.8, 4) is 5.75 Å². The third-order valence-electron chi connectivity index (χ3n) is 3.17. The number of hydrogen-bond donors (Lipinski definition) is 1. The van der Waals surface area contributed by atoms with Crippen molar-refractivity contribution in [3.05, 3.63) is 34.1 Å². The van der Waals surface area contributed by atoms with Gasteiger partial charge < -0.3 is 15.0 Å². The minimum absolute atomic E-state index is 0.0149. The fraction of sp³-hybridized carbons (Fsp3) is 0.462. The van der Waals surface area contributed by atoms with E-state index in [1.165, 1.54) is 6.07 Å². The van der Waals surface area contributed by atoms with Gasteiger partial charge in [-0.1, -0.05) is 0 Å². The number of nitro benzene ring substituents is 1. The molecule has 1 amide bonds.